The van der Waals surface area contributed by atoms with Gasteiger partial charge in [-0.2, -0.15) is 4.39 Å². The third-order valence-electron chi connectivity index (χ3n) is 2.72. The second-order valence-electron chi connectivity index (χ2n) is 4.07. The zero-order chi connectivity index (χ0) is 13.3. The normalized spacial score (nSPS) is 24.0. The summed E-state index contributed by atoms with van der Waals surface area (Å²) in [5.41, 5.74) is 0.321. The highest BCUT2D eigenvalue weighted by Gasteiger charge is 2.39. The highest BCUT2D eigenvalue weighted by Crippen LogP contribution is 2.33. The Labute approximate surface area is 101 Å². The molecule has 2 atom stereocenters. The highest BCUT2D eigenvalue weighted by molar-refractivity contribution is 5.19. The first-order valence-corrected chi connectivity index (χ1v) is 5.21. The molecule has 7 heteroatoms. The van der Waals surface area contributed by atoms with Crippen LogP contribution in [0.5, 0.6) is 0 Å². The van der Waals surface area contributed by atoms with Crippen LogP contribution in [0.1, 0.15) is 18.1 Å². The van der Waals surface area contributed by atoms with Crippen molar-refractivity contribution < 1.29 is 18.4 Å². The van der Waals surface area contributed by atoms with E-state index in [4.69, 9.17) is 4.74 Å². The van der Waals surface area contributed by atoms with Crippen molar-refractivity contribution in [3.8, 4) is 0 Å². The van der Waals surface area contributed by atoms with Crippen LogP contribution in [-0.4, -0.2) is 22.6 Å². The molecule has 0 amide bonds. The SMILES string of the molecule is C=C1CO[C@H](c2cc(F)cnc2F)[C@@H]([N+](=O)[O-])C1. The Morgan fingerprint density at radius 2 is 2.28 bits per heavy atom. The predicted octanol–water partition coefficient (Wildman–Crippen LogP) is 2.02. The van der Waals surface area contributed by atoms with Gasteiger partial charge in [-0.15, -0.1) is 0 Å². The topological polar surface area (TPSA) is 65.3 Å². The first-order valence-electron chi connectivity index (χ1n) is 5.21. The van der Waals surface area contributed by atoms with Crippen molar-refractivity contribution in [2.75, 3.05) is 6.61 Å². The van der Waals surface area contributed by atoms with Crippen LogP contribution >= 0.6 is 0 Å². The molecule has 0 unspecified atom stereocenters. The molecule has 1 aliphatic rings. The molecule has 18 heavy (non-hydrogen) atoms. The molecule has 1 saturated heterocycles. The number of hydrogen-bond acceptors (Lipinski definition) is 4. The van der Waals surface area contributed by atoms with E-state index in [0.717, 1.165) is 6.07 Å². The Hall–Kier alpha value is -1.89. The largest absolute Gasteiger partial charge is 0.362 e. The van der Waals surface area contributed by atoms with Crippen molar-refractivity contribution in [2.45, 2.75) is 18.6 Å². The van der Waals surface area contributed by atoms with Crippen molar-refractivity contribution in [3.05, 3.63) is 51.9 Å². The van der Waals surface area contributed by atoms with E-state index in [1.165, 1.54) is 0 Å². The summed E-state index contributed by atoms with van der Waals surface area (Å²) in [6.45, 7) is 3.69. The number of pyridine rings is 1. The summed E-state index contributed by atoms with van der Waals surface area (Å²) >= 11 is 0. The molecule has 0 aromatic carbocycles. The van der Waals surface area contributed by atoms with Crippen LogP contribution in [0.4, 0.5) is 8.78 Å². The van der Waals surface area contributed by atoms with Crippen LogP contribution in [0, 0.1) is 21.9 Å². The number of halogens is 2. The molecule has 0 aliphatic carbocycles. The van der Waals surface area contributed by atoms with E-state index in [0.29, 0.717) is 11.8 Å². The minimum atomic E-state index is -1.18. The van der Waals surface area contributed by atoms with E-state index < -0.39 is 28.8 Å². The summed E-state index contributed by atoms with van der Waals surface area (Å²) in [5.74, 6) is -1.72. The van der Waals surface area contributed by atoms with Gasteiger partial charge in [0.15, 0.2) is 6.10 Å². The van der Waals surface area contributed by atoms with Crippen molar-refractivity contribution in [1.29, 1.82) is 0 Å². The van der Waals surface area contributed by atoms with Gasteiger partial charge >= 0.3 is 0 Å². The van der Waals surface area contributed by atoms with Crippen LogP contribution in [0.25, 0.3) is 0 Å². The standard InChI is InChI=1S/C11H10F2N2O3/c1-6-2-9(15(16)17)10(18-5-6)8-3-7(12)4-14-11(8)13/h3-4,9-10H,1-2,5H2/t9-,10+/m0/s1. The Kier molecular flexibility index (Phi) is 3.33. The van der Waals surface area contributed by atoms with Gasteiger partial charge in [-0.05, 0) is 11.6 Å². The molecule has 2 heterocycles. The molecule has 2 rings (SSSR count). The molecule has 0 bridgehead atoms. The van der Waals surface area contributed by atoms with Gasteiger partial charge in [-0.3, -0.25) is 10.1 Å². The highest BCUT2D eigenvalue weighted by atomic mass is 19.1. The number of nitrogens with zero attached hydrogens (tertiary/aromatic N) is 2. The van der Waals surface area contributed by atoms with Gasteiger partial charge in [0, 0.05) is 16.9 Å². The van der Waals surface area contributed by atoms with E-state index in [-0.39, 0.29) is 18.6 Å². The molecule has 0 N–H and O–H groups in total. The lowest BCUT2D eigenvalue weighted by Gasteiger charge is -2.27. The third-order valence-corrected chi connectivity index (χ3v) is 2.72. The van der Waals surface area contributed by atoms with Crippen LogP contribution in [-0.2, 0) is 4.74 Å². The maximum atomic E-state index is 13.5. The third kappa shape index (κ3) is 2.35. The fourth-order valence-corrected chi connectivity index (χ4v) is 1.90. The maximum absolute atomic E-state index is 13.5. The molecule has 0 saturated carbocycles. The van der Waals surface area contributed by atoms with E-state index in [1.54, 1.807) is 0 Å². The molecule has 0 spiro atoms. The summed E-state index contributed by atoms with van der Waals surface area (Å²) in [6.07, 6.45) is -0.358. The summed E-state index contributed by atoms with van der Waals surface area (Å²) in [4.78, 5) is 13.6. The summed E-state index contributed by atoms with van der Waals surface area (Å²) in [6, 6.07) is -0.304. The molecular weight excluding hydrogens is 246 g/mol. The lowest BCUT2D eigenvalue weighted by Crippen LogP contribution is -2.35. The molecule has 1 fully saturated rings. The lowest BCUT2D eigenvalue weighted by molar-refractivity contribution is -0.539. The minimum Gasteiger partial charge on any atom is -0.362 e. The van der Waals surface area contributed by atoms with E-state index >= 15 is 0 Å². The maximum Gasteiger partial charge on any atom is 0.246 e. The fraction of sp³-hybridized carbons (Fsp3) is 0.364. The summed E-state index contributed by atoms with van der Waals surface area (Å²) in [7, 11) is 0. The van der Waals surface area contributed by atoms with Crippen LogP contribution in [0.2, 0.25) is 0 Å². The number of aromatic nitrogens is 1. The molecule has 0 radical (unpaired) electrons. The van der Waals surface area contributed by atoms with Crippen molar-refractivity contribution in [3.63, 3.8) is 0 Å². The monoisotopic (exact) mass is 256 g/mol. The second-order valence-corrected chi connectivity index (χ2v) is 4.07. The first kappa shape index (κ1) is 12.6. The zero-order valence-electron chi connectivity index (χ0n) is 9.31. The van der Waals surface area contributed by atoms with Gasteiger partial charge in [0.1, 0.15) is 5.82 Å². The molecular formula is C11H10F2N2O3. The van der Waals surface area contributed by atoms with Crippen LogP contribution in [0.3, 0.4) is 0 Å². The second kappa shape index (κ2) is 4.77. The molecule has 1 aromatic heterocycles. The van der Waals surface area contributed by atoms with Gasteiger partial charge in [0.05, 0.1) is 12.8 Å². The smallest absolute Gasteiger partial charge is 0.246 e. The Balaban J connectivity index is 2.38. The Bertz CT molecular complexity index is 507. The average Bonchev–Trinajstić information content (AvgIpc) is 2.32. The molecule has 1 aromatic rings. The Morgan fingerprint density at radius 1 is 1.56 bits per heavy atom. The summed E-state index contributed by atoms with van der Waals surface area (Å²) in [5, 5.41) is 10.9. The first-order chi connectivity index (χ1) is 8.49. The predicted molar refractivity (Wildman–Crippen MR) is 57.4 cm³/mol. The van der Waals surface area contributed by atoms with E-state index in [1.807, 2.05) is 0 Å². The quantitative estimate of drug-likeness (QED) is 0.351. The Morgan fingerprint density at radius 3 is 2.94 bits per heavy atom. The van der Waals surface area contributed by atoms with Gasteiger partial charge in [0.25, 0.3) is 0 Å². The molecule has 96 valence electrons. The van der Waals surface area contributed by atoms with Gasteiger partial charge in [0.2, 0.25) is 12.0 Å². The van der Waals surface area contributed by atoms with E-state index in [2.05, 4.69) is 11.6 Å². The molecule has 1 aliphatic heterocycles. The zero-order valence-corrected chi connectivity index (χ0v) is 9.31. The van der Waals surface area contributed by atoms with Crippen molar-refractivity contribution in [1.82, 2.24) is 4.98 Å². The van der Waals surface area contributed by atoms with Crippen LogP contribution < -0.4 is 0 Å². The number of rotatable bonds is 2. The van der Waals surface area contributed by atoms with Crippen molar-refractivity contribution in [2.24, 2.45) is 0 Å². The van der Waals surface area contributed by atoms with Gasteiger partial charge in [-0.1, -0.05) is 6.58 Å². The number of nitro groups is 1. The van der Waals surface area contributed by atoms with Gasteiger partial charge in [-0.25, -0.2) is 9.37 Å². The van der Waals surface area contributed by atoms with Crippen molar-refractivity contribution >= 4 is 0 Å². The minimum absolute atomic E-state index is 0.0770. The van der Waals surface area contributed by atoms with Gasteiger partial charge < -0.3 is 4.74 Å². The van der Waals surface area contributed by atoms with E-state index in [9.17, 15) is 18.9 Å². The lowest BCUT2D eigenvalue weighted by atomic mass is 9.95. The number of ether oxygens (including phenoxy) is 1. The average molecular weight is 256 g/mol. The number of hydrogen-bond donors (Lipinski definition) is 0. The van der Waals surface area contributed by atoms with Crippen LogP contribution in [0.15, 0.2) is 24.4 Å². The molecule has 5 nitrogen and oxygen atoms in total. The summed E-state index contributed by atoms with van der Waals surface area (Å²) < 4.78 is 31.7. The fourth-order valence-electron chi connectivity index (χ4n) is 1.90.